The molecule has 28 heavy (non-hydrogen) atoms. The van der Waals surface area contributed by atoms with Crippen LogP contribution in [-0.4, -0.2) is 38.1 Å². The molecule has 0 saturated carbocycles. The van der Waals surface area contributed by atoms with E-state index < -0.39 is 28.3 Å². The van der Waals surface area contributed by atoms with Crippen LogP contribution in [0.15, 0.2) is 47.4 Å². The summed E-state index contributed by atoms with van der Waals surface area (Å²) in [6.45, 7) is -0.424. The molecule has 2 aromatic carbocycles. The first kappa shape index (κ1) is 20.0. The van der Waals surface area contributed by atoms with E-state index in [4.69, 9.17) is 0 Å². The van der Waals surface area contributed by atoms with Crippen molar-refractivity contribution in [2.75, 3.05) is 24.2 Å². The number of aryl methyl sites for hydroxylation is 1. The van der Waals surface area contributed by atoms with Gasteiger partial charge >= 0.3 is 0 Å². The molecule has 7 nitrogen and oxygen atoms in total. The third-order valence-electron chi connectivity index (χ3n) is 4.38. The Morgan fingerprint density at radius 2 is 2.00 bits per heavy atom. The minimum atomic E-state index is -3.91. The average molecular weight is 405 g/mol. The molecule has 0 bridgehead atoms. The van der Waals surface area contributed by atoms with Gasteiger partial charge in [0.15, 0.2) is 0 Å². The number of carbonyl (C=O) groups excluding carboxylic acids is 2. The fourth-order valence-corrected chi connectivity index (χ4v) is 4.12. The molecule has 148 valence electrons. The fraction of sp³-hybridized carbons (Fsp3) is 0.263. The third-order valence-corrected chi connectivity index (χ3v) is 6.18. The summed E-state index contributed by atoms with van der Waals surface area (Å²) >= 11 is 0. The van der Waals surface area contributed by atoms with Crippen LogP contribution < -0.4 is 10.6 Å². The summed E-state index contributed by atoms with van der Waals surface area (Å²) in [5.41, 5.74) is 1.59. The summed E-state index contributed by atoms with van der Waals surface area (Å²) in [6.07, 6.45) is 1.60. The largest absolute Gasteiger partial charge is 0.326 e. The topological polar surface area (TPSA) is 95.6 Å². The zero-order valence-electron chi connectivity index (χ0n) is 15.2. The van der Waals surface area contributed by atoms with E-state index in [1.807, 2.05) is 0 Å². The predicted octanol–water partition coefficient (Wildman–Crippen LogP) is 2.36. The fourth-order valence-electron chi connectivity index (χ4n) is 2.95. The van der Waals surface area contributed by atoms with E-state index in [9.17, 15) is 22.4 Å². The van der Waals surface area contributed by atoms with E-state index in [1.165, 1.54) is 37.4 Å². The molecule has 0 radical (unpaired) electrons. The zero-order valence-corrected chi connectivity index (χ0v) is 16.1. The standard InChI is InChI=1S/C19H20FN3O4S/c1-23(12-19(25)21-15-6-3-5-14(20)11-15)28(26,27)16-8-9-17-13(10-16)4-2-7-18(24)22-17/h3,5-6,8-11H,2,4,7,12H2,1H3,(H,21,25)(H,22,24). The van der Waals surface area contributed by atoms with Crippen molar-refractivity contribution in [2.45, 2.75) is 24.2 Å². The number of halogens is 1. The van der Waals surface area contributed by atoms with Gasteiger partial charge in [0.2, 0.25) is 21.8 Å². The highest BCUT2D eigenvalue weighted by atomic mass is 32.2. The number of hydrogen-bond acceptors (Lipinski definition) is 4. The average Bonchev–Trinajstić information content (AvgIpc) is 2.81. The van der Waals surface area contributed by atoms with Crippen molar-refractivity contribution in [3.63, 3.8) is 0 Å². The van der Waals surface area contributed by atoms with Gasteiger partial charge in [0.05, 0.1) is 11.4 Å². The number of nitrogens with one attached hydrogen (secondary N) is 2. The highest BCUT2D eigenvalue weighted by Crippen LogP contribution is 2.26. The molecule has 0 atom stereocenters. The summed E-state index contributed by atoms with van der Waals surface area (Å²) < 4.78 is 39.7. The van der Waals surface area contributed by atoms with Crippen LogP contribution in [0.2, 0.25) is 0 Å². The molecule has 0 fully saturated rings. The molecule has 1 aliphatic heterocycles. The van der Waals surface area contributed by atoms with E-state index in [0.29, 0.717) is 24.9 Å². The molecule has 2 amide bonds. The molecular formula is C19H20FN3O4S. The second kappa shape index (κ2) is 8.07. The maximum absolute atomic E-state index is 13.2. The molecule has 9 heteroatoms. The number of likely N-dealkylation sites (N-methyl/N-ethyl adjacent to an activating group) is 1. The smallest absolute Gasteiger partial charge is 0.243 e. The van der Waals surface area contributed by atoms with Gasteiger partial charge in [-0.05, 0) is 54.8 Å². The van der Waals surface area contributed by atoms with E-state index in [0.717, 1.165) is 15.9 Å². The summed E-state index contributed by atoms with van der Waals surface area (Å²) in [7, 11) is -2.61. The number of nitrogens with zero attached hydrogens (tertiary/aromatic N) is 1. The quantitative estimate of drug-likeness (QED) is 0.798. The first-order valence-corrected chi connectivity index (χ1v) is 10.1. The van der Waals surface area contributed by atoms with Gasteiger partial charge in [0.25, 0.3) is 0 Å². The molecule has 0 aromatic heterocycles. The lowest BCUT2D eigenvalue weighted by atomic mass is 10.1. The number of sulfonamides is 1. The Labute approximate surface area is 162 Å². The molecule has 0 unspecified atom stereocenters. The van der Waals surface area contributed by atoms with Crippen LogP contribution in [0.3, 0.4) is 0 Å². The van der Waals surface area contributed by atoms with Crippen molar-refractivity contribution in [1.82, 2.24) is 4.31 Å². The van der Waals surface area contributed by atoms with Crippen LogP contribution in [0.5, 0.6) is 0 Å². The Morgan fingerprint density at radius 3 is 2.75 bits per heavy atom. The van der Waals surface area contributed by atoms with Crippen LogP contribution >= 0.6 is 0 Å². The van der Waals surface area contributed by atoms with Gasteiger partial charge < -0.3 is 10.6 Å². The van der Waals surface area contributed by atoms with Gasteiger partial charge in [0.1, 0.15) is 5.82 Å². The summed E-state index contributed by atoms with van der Waals surface area (Å²) in [4.78, 5) is 23.8. The van der Waals surface area contributed by atoms with Gasteiger partial charge in [-0.15, -0.1) is 0 Å². The van der Waals surface area contributed by atoms with Gasteiger partial charge in [-0.3, -0.25) is 9.59 Å². The summed E-state index contributed by atoms with van der Waals surface area (Å²) in [5.74, 6) is -1.19. The predicted molar refractivity (Wildman–Crippen MR) is 103 cm³/mol. The Kier molecular flexibility index (Phi) is 5.76. The molecule has 2 aromatic rings. The van der Waals surface area contributed by atoms with Crippen LogP contribution in [0.25, 0.3) is 0 Å². The minimum absolute atomic E-state index is 0.0449. The minimum Gasteiger partial charge on any atom is -0.326 e. The number of fused-ring (bicyclic) bond motifs is 1. The third kappa shape index (κ3) is 4.55. The summed E-state index contributed by atoms with van der Waals surface area (Å²) in [5, 5.41) is 5.22. The van der Waals surface area contributed by atoms with Gasteiger partial charge in [-0.2, -0.15) is 4.31 Å². The molecule has 0 saturated heterocycles. The SMILES string of the molecule is CN(CC(=O)Nc1cccc(F)c1)S(=O)(=O)c1ccc2c(c1)CCCC(=O)N2. The van der Waals surface area contributed by atoms with Crippen molar-refractivity contribution < 1.29 is 22.4 Å². The Hall–Kier alpha value is -2.78. The van der Waals surface area contributed by atoms with E-state index in [2.05, 4.69) is 10.6 Å². The molecular weight excluding hydrogens is 385 g/mol. The second-order valence-electron chi connectivity index (χ2n) is 6.54. The normalized spacial score (nSPS) is 14.2. The zero-order chi connectivity index (χ0) is 20.3. The lowest BCUT2D eigenvalue weighted by molar-refractivity contribution is -0.117. The molecule has 3 rings (SSSR count). The Morgan fingerprint density at radius 1 is 1.21 bits per heavy atom. The van der Waals surface area contributed by atoms with Crippen molar-refractivity contribution in [2.24, 2.45) is 0 Å². The van der Waals surface area contributed by atoms with Crippen LogP contribution in [0.4, 0.5) is 15.8 Å². The molecule has 1 aliphatic rings. The molecule has 1 heterocycles. The first-order chi connectivity index (χ1) is 13.3. The number of hydrogen-bond donors (Lipinski definition) is 2. The van der Waals surface area contributed by atoms with E-state index in [-0.39, 0.29) is 16.5 Å². The number of benzene rings is 2. The Bertz CT molecular complexity index is 1020. The maximum Gasteiger partial charge on any atom is 0.243 e. The van der Waals surface area contributed by atoms with Gasteiger partial charge in [-0.25, -0.2) is 12.8 Å². The lowest BCUT2D eigenvalue weighted by Gasteiger charge is -2.18. The lowest BCUT2D eigenvalue weighted by Crippen LogP contribution is -2.35. The van der Waals surface area contributed by atoms with Crippen molar-refractivity contribution in [3.05, 3.63) is 53.8 Å². The van der Waals surface area contributed by atoms with E-state index >= 15 is 0 Å². The van der Waals surface area contributed by atoms with Gasteiger partial charge in [-0.1, -0.05) is 6.07 Å². The Balaban J connectivity index is 1.74. The highest BCUT2D eigenvalue weighted by Gasteiger charge is 2.25. The second-order valence-corrected chi connectivity index (χ2v) is 8.59. The molecule has 0 aliphatic carbocycles. The number of amides is 2. The van der Waals surface area contributed by atoms with Crippen LogP contribution in [0.1, 0.15) is 18.4 Å². The number of carbonyl (C=O) groups is 2. The maximum atomic E-state index is 13.2. The monoisotopic (exact) mass is 405 g/mol. The van der Waals surface area contributed by atoms with E-state index in [1.54, 1.807) is 6.07 Å². The molecule has 0 spiro atoms. The van der Waals surface area contributed by atoms with Gasteiger partial charge in [0, 0.05) is 24.8 Å². The van der Waals surface area contributed by atoms with Crippen molar-refractivity contribution >= 4 is 33.2 Å². The van der Waals surface area contributed by atoms with Crippen molar-refractivity contribution in [1.29, 1.82) is 0 Å². The number of anilines is 2. The number of rotatable bonds is 5. The van der Waals surface area contributed by atoms with Crippen LogP contribution in [-0.2, 0) is 26.0 Å². The highest BCUT2D eigenvalue weighted by molar-refractivity contribution is 7.89. The summed E-state index contributed by atoms with van der Waals surface area (Å²) in [6, 6.07) is 9.83. The van der Waals surface area contributed by atoms with Crippen molar-refractivity contribution in [3.8, 4) is 0 Å². The molecule has 2 N–H and O–H groups in total. The van der Waals surface area contributed by atoms with Crippen LogP contribution in [0, 0.1) is 5.82 Å². The first-order valence-electron chi connectivity index (χ1n) is 8.70.